The number of aryl methyl sites for hydroxylation is 1. The lowest BCUT2D eigenvalue weighted by Crippen LogP contribution is -2.05. The second kappa shape index (κ2) is 5.77. The number of benzene rings is 1. The van der Waals surface area contributed by atoms with Crippen LogP contribution in [-0.2, 0) is 4.74 Å². The topological polar surface area (TPSA) is 61.6 Å². The van der Waals surface area contributed by atoms with Crippen LogP contribution in [0, 0.1) is 6.92 Å². The van der Waals surface area contributed by atoms with Crippen molar-refractivity contribution in [3.05, 3.63) is 35.6 Å². The van der Waals surface area contributed by atoms with Gasteiger partial charge in [-0.15, -0.1) is 0 Å². The predicted molar refractivity (Wildman–Crippen MR) is 73.8 cm³/mol. The van der Waals surface area contributed by atoms with Crippen LogP contribution < -0.4 is 4.74 Å². The van der Waals surface area contributed by atoms with Crippen molar-refractivity contribution in [1.82, 2.24) is 5.16 Å². The molecule has 1 aromatic heterocycles. The van der Waals surface area contributed by atoms with Gasteiger partial charge in [0.2, 0.25) is 0 Å². The first-order valence-corrected chi connectivity index (χ1v) is 6.34. The number of carbonyl (C=O) groups excluding carboxylic acids is 1. The molecule has 0 saturated carbocycles. The van der Waals surface area contributed by atoms with Crippen LogP contribution in [-0.4, -0.2) is 24.3 Å². The summed E-state index contributed by atoms with van der Waals surface area (Å²) < 4.78 is 15.4. The lowest BCUT2D eigenvalue weighted by molar-refractivity contribution is 0.0599. The van der Waals surface area contributed by atoms with Gasteiger partial charge in [0.25, 0.3) is 0 Å². The molecular formula is C15H17NO4. The zero-order valence-electron chi connectivity index (χ0n) is 12.0. The second-order valence-corrected chi connectivity index (χ2v) is 4.64. The van der Waals surface area contributed by atoms with E-state index >= 15 is 0 Å². The summed E-state index contributed by atoms with van der Waals surface area (Å²) in [6, 6.07) is 7.34. The van der Waals surface area contributed by atoms with E-state index < -0.39 is 5.97 Å². The van der Waals surface area contributed by atoms with Gasteiger partial charge in [-0.05, 0) is 45.0 Å². The summed E-state index contributed by atoms with van der Waals surface area (Å²) in [4.78, 5) is 11.8. The number of nitrogens with zero attached hydrogens (tertiary/aromatic N) is 1. The third-order valence-electron chi connectivity index (χ3n) is 2.75. The molecule has 0 N–H and O–H groups in total. The molecule has 0 spiro atoms. The molecule has 0 saturated heterocycles. The van der Waals surface area contributed by atoms with E-state index in [9.17, 15) is 4.79 Å². The fourth-order valence-corrected chi connectivity index (χ4v) is 1.88. The normalized spacial score (nSPS) is 10.7. The summed E-state index contributed by atoms with van der Waals surface area (Å²) in [5.74, 6) is 0.749. The van der Waals surface area contributed by atoms with E-state index in [2.05, 4.69) is 5.16 Å². The number of esters is 1. The third-order valence-corrected chi connectivity index (χ3v) is 2.75. The van der Waals surface area contributed by atoms with E-state index in [1.807, 2.05) is 38.1 Å². The highest BCUT2D eigenvalue weighted by Gasteiger charge is 2.22. The lowest BCUT2D eigenvalue weighted by Gasteiger charge is -2.09. The zero-order chi connectivity index (χ0) is 14.7. The SMILES string of the molecule is COC(=O)c1c(-c2ccc(OC(C)C)cc2)noc1C. The molecule has 0 amide bonds. The number of aromatic nitrogens is 1. The Morgan fingerprint density at radius 3 is 2.45 bits per heavy atom. The maximum absolute atomic E-state index is 11.8. The van der Waals surface area contributed by atoms with Crippen LogP contribution in [0.3, 0.4) is 0 Å². The van der Waals surface area contributed by atoms with Gasteiger partial charge in [0.1, 0.15) is 22.8 Å². The Balaban J connectivity index is 2.35. The van der Waals surface area contributed by atoms with Crippen LogP contribution in [0.4, 0.5) is 0 Å². The van der Waals surface area contributed by atoms with Crippen molar-refractivity contribution in [1.29, 1.82) is 0 Å². The first-order chi connectivity index (χ1) is 9.52. The highest BCUT2D eigenvalue weighted by atomic mass is 16.5. The van der Waals surface area contributed by atoms with Gasteiger partial charge in [-0.1, -0.05) is 5.16 Å². The summed E-state index contributed by atoms with van der Waals surface area (Å²) in [5.41, 5.74) is 1.61. The molecule has 0 fully saturated rings. The summed E-state index contributed by atoms with van der Waals surface area (Å²) in [6.07, 6.45) is 0.112. The maximum atomic E-state index is 11.8. The molecule has 0 atom stereocenters. The summed E-state index contributed by atoms with van der Waals surface area (Å²) >= 11 is 0. The zero-order valence-corrected chi connectivity index (χ0v) is 12.0. The second-order valence-electron chi connectivity index (χ2n) is 4.64. The molecule has 0 radical (unpaired) electrons. The number of rotatable bonds is 4. The fraction of sp³-hybridized carbons (Fsp3) is 0.333. The van der Waals surface area contributed by atoms with Gasteiger partial charge in [-0.2, -0.15) is 0 Å². The standard InChI is InChI=1S/C15H17NO4/c1-9(2)19-12-7-5-11(6-8-12)14-13(15(17)18-4)10(3)20-16-14/h5-9H,1-4H3. The molecule has 0 aliphatic rings. The highest BCUT2D eigenvalue weighted by Crippen LogP contribution is 2.27. The van der Waals surface area contributed by atoms with E-state index in [4.69, 9.17) is 14.0 Å². The van der Waals surface area contributed by atoms with Crippen molar-refractivity contribution in [2.75, 3.05) is 7.11 Å². The van der Waals surface area contributed by atoms with E-state index in [0.29, 0.717) is 17.0 Å². The Morgan fingerprint density at radius 1 is 1.25 bits per heavy atom. The monoisotopic (exact) mass is 275 g/mol. The van der Waals surface area contributed by atoms with Crippen molar-refractivity contribution in [3.63, 3.8) is 0 Å². The van der Waals surface area contributed by atoms with Crippen molar-refractivity contribution >= 4 is 5.97 Å². The number of hydrogen-bond acceptors (Lipinski definition) is 5. The van der Waals surface area contributed by atoms with Crippen molar-refractivity contribution in [3.8, 4) is 17.0 Å². The molecule has 20 heavy (non-hydrogen) atoms. The molecule has 5 nitrogen and oxygen atoms in total. The summed E-state index contributed by atoms with van der Waals surface area (Å²) in [5, 5.41) is 3.93. The average molecular weight is 275 g/mol. The molecule has 5 heteroatoms. The van der Waals surface area contributed by atoms with E-state index in [1.165, 1.54) is 7.11 Å². The predicted octanol–water partition coefficient (Wildman–Crippen LogP) is 3.22. The van der Waals surface area contributed by atoms with Gasteiger partial charge < -0.3 is 14.0 Å². The van der Waals surface area contributed by atoms with E-state index in [0.717, 1.165) is 11.3 Å². The highest BCUT2D eigenvalue weighted by molar-refractivity contribution is 5.96. The number of hydrogen-bond donors (Lipinski definition) is 0. The van der Waals surface area contributed by atoms with Gasteiger partial charge in [0.15, 0.2) is 0 Å². The van der Waals surface area contributed by atoms with Crippen LogP contribution in [0.15, 0.2) is 28.8 Å². The molecular weight excluding hydrogens is 258 g/mol. The Morgan fingerprint density at radius 2 is 1.90 bits per heavy atom. The van der Waals surface area contributed by atoms with Gasteiger partial charge in [0, 0.05) is 5.56 Å². The molecule has 106 valence electrons. The quantitative estimate of drug-likeness (QED) is 0.802. The molecule has 2 rings (SSSR count). The van der Waals surface area contributed by atoms with Gasteiger partial charge in [0.05, 0.1) is 13.2 Å². The Bertz CT molecular complexity index is 599. The number of carbonyl (C=O) groups is 1. The minimum Gasteiger partial charge on any atom is -0.491 e. The summed E-state index contributed by atoms with van der Waals surface area (Å²) in [6.45, 7) is 5.60. The molecule has 1 aromatic carbocycles. The molecule has 0 aliphatic heterocycles. The molecule has 2 aromatic rings. The Hall–Kier alpha value is -2.30. The first kappa shape index (κ1) is 14.1. The molecule has 0 unspecified atom stereocenters. The van der Waals surface area contributed by atoms with E-state index in [1.54, 1.807) is 6.92 Å². The van der Waals surface area contributed by atoms with Gasteiger partial charge in [-0.25, -0.2) is 4.79 Å². The lowest BCUT2D eigenvalue weighted by atomic mass is 10.1. The third kappa shape index (κ3) is 2.82. The minimum absolute atomic E-state index is 0.112. The van der Waals surface area contributed by atoms with Crippen LogP contribution in [0.2, 0.25) is 0 Å². The van der Waals surface area contributed by atoms with Crippen LogP contribution in [0.1, 0.15) is 30.0 Å². The van der Waals surface area contributed by atoms with Crippen molar-refractivity contribution < 1.29 is 18.8 Å². The van der Waals surface area contributed by atoms with E-state index in [-0.39, 0.29) is 6.10 Å². The Kier molecular flexibility index (Phi) is 4.08. The van der Waals surface area contributed by atoms with Gasteiger partial charge >= 0.3 is 5.97 Å². The summed E-state index contributed by atoms with van der Waals surface area (Å²) in [7, 11) is 1.33. The fourth-order valence-electron chi connectivity index (χ4n) is 1.88. The molecule has 0 bridgehead atoms. The van der Waals surface area contributed by atoms with Crippen LogP contribution in [0.5, 0.6) is 5.75 Å². The Labute approximate surface area is 117 Å². The van der Waals surface area contributed by atoms with Gasteiger partial charge in [-0.3, -0.25) is 0 Å². The maximum Gasteiger partial charge on any atom is 0.343 e. The first-order valence-electron chi connectivity index (χ1n) is 6.34. The number of methoxy groups -OCH3 is 1. The minimum atomic E-state index is -0.457. The smallest absolute Gasteiger partial charge is 0.343 e. The van der Waals surface area contributed by atoms with Crippen molar-refractivity contribution in [2.24, 2.45) is 0 Å². The average Bonchev–Trinajstić information content (AvgIpc) is 2.80. The molecule has 0 aliphatic carbocycles. The largest absolute Gasteiger partial charge is 0.491 e. The van der Waals surface area contributed by atoms with Crippen molar-refractivity contribution in [2.45, 2.75) is 26.9 Å². The number of ether oxygens (including phenoxy) is 2. The van der Waals surface area contributed by atoms with Crippen LogP contribution in [0.25, 0.3) is 11.3 Å². The molecule has 1 heterocycles. The van der Waals surface area contributed by atoms with Crippen LogP contribution >= 0.6 is 0 Å².